The summed E-state index contributed by atoms with van der Waals surface area (Å²) in [6.07, 6.45) is 2.78. The number of benzene rings is 2. The number of nitrogens with two attached hydrogens (primary N) is 1. The zero-order chi connectivity index (χ0) is 16.5. The van der Waals surface area contributed by atoms with Crippen LogP contribution in [0.15, 0.2) is 60.8 Å². The summed E-state index contributed by atoms with van der Waals surface area (Å²) < 4.78 is 0. The number of H-pyrrole nitrogens is 2. The summed E-state index contributed by atoms with van der Waals surface area (Å²) in [5, 5.41) is 1.22. The Bertz CT molecular complexity index is 966. The zero-order valence-corrected chi connectivity index (χ0v) is 13.6. The summed E-state index contributed by atoms with van der Waals surface area (Å²) in [6.45, 7) is 2.04. The summed E-state index contributed by atoms with van der Waals surface area (Å²) in [4.78, 5) is 11.4. The minimum atomic E-state index is -0.166. The topological polar surface area (TPSA) is 70.5 Å². The predicted octanol–water partition coefficient (Wildman–Crippen LogP) is 4.11. The number of hydrogen-bond acceptors (Lipinski definition) is 2. The number of nitrogens with zero attached hydrogens (tertiary/aromatic N) is 1. The number of rotatable bonds is 4. The molecule has 0 aliphatic rings. The van der Waals surface area contributed by atoms with E-state index in [0.29, 0.717) is 0 Å². The van der Waals surface area contributed by atoms with Gasteiger partial charge in [-0.15, -0.1) is 0 Å². The number of aromatic nitrogens is 3. The number of aryl methyl sites for hydroxylation is 1. The van der Waals surface area contributed by atoms with Gasteiger partial charge in [0.25, 0.3) is 0 Å². The van der Waals surface area contributed by atoms with Gasteiger partial charge in [-0.1, -0.05) is 48.5 Å². The molecule has 0 bridgehead atoms. The third kappa shape index (κ3) is 2.61. The number of fused-ring (bicyclic) bond motifs is 1. The smallest absolute Gasteiger partial charge is 0.124 e. The molecule has 2 heterocycles. The molecule has 120 valence electrons. The molecule has 4 heteroatoms. The molecule has 0 fully saturated rings. The molecule has 4 nitrogen and oxygen atoms in total. The monoisotopic (exact) mass is 316 g/mol. The summed E-state index contributed by atoms with van der Waals surface area (Å²) in [5.74, 6) is 0.830. The molecule has 4 rings (SSSR count). The molecule has 0 aliphatic heterocycles. The van der Waals surface area contributed by atoms with E-state index in [2.05, 4.69) is 40.3 Å². The molecule has 0 spiro atoms. The van der Waals surface area contributed by atoms with E-state index in [1.165, 1.54) is 10.9 Å². The average molecular weight is 316 g/mol. The van der Waals surface area contributed by atoms with Gasteiger partial charge >= 0.3 is 0 Å². The summed E-state index contributed by atoms with van der Waals surface area (Å²) >= 11 is 0. The van der Waals surface area contributed by atoms with Crippen molar-refractivity contribution in [3.05, 3.63) is 77.9 Å². The minimum absolute atomic E-state index is 0.166. The van der Waals surface area contributed by atoms with Gasteiger partial charge in [0, 0.05) is 28.4 Å². The maximum atomic E-state index is 6.43. The second kappa shape index (κ2) is 5.98. The second-order valence-electron chi connectivity index (χ2n) is 6.13. The zero-order valence-electron chi connectivity index (χ0n) is 13.6. The lowest BCUT2D eigenvalue weighted by Gasteiger charge is -2.08. The van der Waals surface area contributed by atoms with Crippen LogP contribution < -0.4 is 5.73 Å². The normalized spacial score (nSPS) is 12.6. The Labute approximate surface area is 140 Å². The molecular weight excluding hydrogens is 296 g/mol. The second-order valence-corrected chi connectivity index (χ2v) is 6.13. The summed E-state index contributed by atoms with van der Waals surface area (Å²) in [5.41, 5.74) is 11.9. The molecule has 2 aromatic carbocycles. The highest BCUT2D eigenvalue weighted by molar-refractivity contribution is 5.83. The first-order valence-electron chi connectivity index (χ1n) is 8.15. The van der Waals surface area contributed by atoms with Crippen molar-refractivity contribution in [3.8, 4) is 11.3 Å². The van der Waals surface area contributed by atoms with Crippen LogP contribution in [-0.2, 0) is 6.42 Å². The number of nitrogens with one attached hydrogen (secondary N) is 2. The highest BCUT2D eigenvalue weighted by Crippen LogP contribution is 2.25. The van der Waals surface area contributed by atoms with Gasteiger partial charge in [-0.3, -0.25) is 0 Å². The van der Waals surface area contributed by atoms with Crippen molar-refractivity contribution >= 4 is 10.9 Å². The predicted molar refractivity (Wildman–Crippen MR) is 97.7 cm³/mol. The van der Waals surface area contributed by atoms with Crippen molar-refractivity contribution in [2.45, 2.75) is 19.4 Å². The Morgan fingerprint density at radius 3 is 2.62 bits per heavy atom. The number of hydrogen-bond donors (Lipinski definition) is 3. The van der Waals surface area contributed by atoms with Crippen LogP contribution in [0, 0.1) is 6.92 Å². The van der Waals surface area contributed by atoms with E-state index in [4.69, 9.17) is 10.7 Å². The van der Waals surface area contributed by atoms with Crippen LogP contribution >= 0.6 is 0 Å². The van der Waals surface area contributed by atoms with Crippen LogP contribution in [0.5, 0.6) is 0 Å². The highest BCUT2D eigenvalue weighted by atomic mass is 15.0. The van der Waals surface area contributed by atoms with E-state index in [-0.39, 0.29) is 6.04 Å². The van der Waals surface area contributed by atoms with Gasteiger partial charge in [-0.05, 0) is 25.0 Å². The number of imidazole rings is 1. The first-order valence-corrected chi connectivity index (χ1v) is 8.15. The van der Waals surface area contributed by atoms with E-state index in [9.17, 15) is 0 Å². The molecule has 0 unspecified atom stereocenters. The third-order valence-corrected chi connectivity index (χ3v) is 4.42. The fourth-order valence-corrected chi connectivity index (χ4v) is 3.17. The van der Waals surface area contributed by atoms with Crippen molar-refractivity contribution in [1.82, 2.24) is 15.0 Å². The van der Waals surface area contributed by atoms with Crippen LogP contribution in [-0.4, -0.2) is 15.0 Å². The molecule has 0 saturated heterocycles. The Morgan fingerprint density at radius 1 is 1.04 bits per heavy atom. The molecule has 0 aliphatic carbocycles. The van der Waals surface area contributed by atoms with Crippen LogP contribution in [0.2, 0.25) is 0 Å². The van der Waals surface area contributed by atoms with E-state index in [0.717, 1.165) is 34.7 Å². The lowest BCUT2D eigenvalue weighted by Crippen LogP contribution is -2.15. The number of aromatic amines is 2. The maximum Gasteiger partial charge on any atom is 0.124 e. The SMILES string of the molecule is Cc1[nH]c([C@@H](N)Cc2c[nH]c3ccccc23)nc1-c1ccccc1. The standard InChI is InChI=1S/C20H20N4/c1-13-19(14-7-3-2-4-8-14)24-20(23-13)17(21)11-15-12-22-18-10-6-5-9-16(15)18/h2-10,12,17,22H,11,21H2,1H3,(H,23,24)/t17-/m0/s1. The van der Waals surface area contributed by atoms with Gasteiger partial charge in [0.1, 0.15) is 5.82 Å². The Balaban J connectivity index is 1.62. The fourth-order valence-electron chi connectivity index (χ4n) is 3.17. The van der Waals surface area contributed by atoms with Gasteiger partial charge in [0.2, 0.25) is 0 Å². The van der Waals surface area contributed by atoms with Gasteiger partial charge in [-0.25, -0.2) is 4.98 Å². The molecule has 0 saturated carbocycles. The molecule has 4 aromatic rings. The van der Waals surface area contributed by atoms with Gasteiger partial charge < -0.3 is 15.7 Å². The average Bonchev–Trinajstić information content (AvgIpc) is 3.20. The van der Waals surface area contributed by atoms with Gasteiger partial charge in [0.15, 0.2) is 0 Å². The largest absolute Gasteiger partial charge is 0.361 e. The van der Waals surface area contributed by atoms with Crippen LogP contribution in [0.3, 0.4) is 0 Å². The Kier molecular flexibility index (Phi) is 3.67. The van der Waals surface area contributed by atoms with E-state index in [1.54, 1.807) is 0 Å². The maximum absolute atomic E-state index is 6.43. The van der Waals surface area contributed by atoms with Crippen molar-refractivity contribution in [1.29, 1.82) is 0 Å². The Morgan fingerprint density at radius 2 is 1.79 bits per heavy atom. The fraction of sp³-hybridized carbons (Fsp3) is 0.150. The van der Waals surface area contributed by atoms with Crippen molar-refractivity contribution in [2.24, 2.45) is 5.73 Å². The van der Waals surface area contributed by atoms with E-state index < -0.39 is 0 Å². The third-order valence-electron chi connectivity index (χ3n) is 4.42. The van der Waals surface area contributed by atoms with Crippen LogP contribution in [0.4, 0.5) is 0 Å². The quantitative estimate of drug-likeness (QED) is 0.530. The lowest BCUT2D eigenvalue weighted by atomic mass is 10.1. The first-order chi connectivity index (χ1) is 11.7. The Hall–Kier alpha value is -2.85. The van der Waals surface area contributed by atoms with Gasteiger partial charge in [-0.2, -0.15) is 0 Å². The summed E-state index contributed by atoms with van der Waals surface area (Å²) in [7, 11) is 0. The summed E-state index contributed by atoms with van der Waals surface area (Å²) in [6, 6.07) is 18.3. The van der Waals surface area contributed by atoms with Crippen LogP contribution in [0.25, 0.3) is 22.2 Å². The van der Waals surface area contributed by atoms with Crippen molar-refractivity contribution < 1.29 is 0 Å². The van der Waals surface area contributed by atoms with Crippen molar-refractivity contribution in [3.63, 3.8) is 0 Å². The molecular formula is C20H20N4. The first kappa shape index (κ1) is 14.7. The lowest BCUT2D eigenvalue weighted by molar-refractivity contribution is 0.679. The van der Waals surface area contributed by atoms with E-state index >= 15 is 0 Å². The molecule has 2 aromatic heterocycles. The molecule has 0 amide bonds. The molecule has 1 atom stereocenters. The molecule has 24 heavy (non-hydrogen) atoms. The van der Waals surface area contributed by atoms with Gasteiger partial charge in [0.05, 0.1) is 11.7 Å². The van der Waals surface area contributed by atoms with Crippen LogP contribution in [0.1, 0.15) is 23.1 Å². The molecule has 4 N–H and O–H groups in total. The minimum Gasteiger partial charge on any atom is -0.361 e. The van der Waals surface area contributed by atoms with Crippen molar-refractivity contribution in [2.75, 3.05) is 0 Å². The number of para-hydroxylation sites is 1. The van der Waals surface area contributed by atoms with E-state index in [1.807, 2.05) is 37.4 Å². The highest BCUT2D eigenvalue weighted by Gasteiger charge is 2.16. The molecule has 0 radical (unpaired) electrons.